The van der Waals surface area contributed by atoms with Crippen molar-refractivity contribution in [2.75, 3.05) is 11.9 Å². The van der Waals surface area contributed by atoms with Gasteiger partial charge in [0.2, 0.25) is 0 Å². The molecule has 3 aromatic heterocycles. The lowest BCUT2D eigenvalue weighted by molar-refractivity contribution is 0.206. The molecule has 3 aromatic rings. The zero-order valence-corrected chi connectivity index (χ0v) is 14.8. The lowest BCUT2D eigenvalue weighted by Crippen LogP contribution is -2.35. The first-order chi connectivity index (χ1) is 12.6. The molecule has 1 fully saturated rings. The van der Waals surface area contributed by atoms with Crippen LogP contribution in [0.5, 0.6) is 0 Å². The fraction of sp³-hybridized carbons (Fsp3) is 0.389. The van der Waals surface area contributed by atoms with Gasteiger partial charge in [0.15, 0.2) is 0 Å². The number of carbonyl (C=O) groups excluding carboxylic acids is 1. The van der Waals surface area contributed by atoms with Crippen molar-refractivity contribution >= 4 is 11.8 Å². The zero-order valence-electron chi connectivity index (χ0n) is 14.8. The first-order valence-electron chi connectivity index (χ1n) is 8.68. The second kappa shape index (κ2) is 6.70. The minimum Gasteiger partial charge on any atom is -0.467 e. The van der Waals surface area contributed by atoms with Gasteiger partial charge < -0.3 is 13.8 Å². The molecule has 4 heterocycles. The van der Waals surface area contributed by atoms with Crippen molar-refractivity contribution in [2.24, 2.45) is 0 Å². The summed E-state index contributed by atoms with van der Waals surface area (Å²) >= 11 is 0. The van der Waals surface area contributed by atoms with Gasteiger partial charge in [-0.15, -0.1) is 0 Å². The maximum atomic E-state index is 12.9. The molecule has 0 radical (unpaired) electrons. The molecule has 4 rings (SSSR count). The molecule has 0 saturated carbocycles. The van der Waals surface area contributed by atoms with E-state index in [0.29, 0.717) is 18.9 Å². The number of amides is 2. The van der Waals surface area contributed by atoms with Crippen LogP contribution in [0, 0.1) is 13.8 Å². The van der Waals surface area contributed by atoms with Crippen molar-refractivity contribution in [1.82, 2.24) is 19.8 Å². The average Bonchev–Trinajstić information content (AvgIpc) is 3.38. The number of nitrogens with one attached hydrogen (secondary N) is 1. The molecule has 0 aromatic carbocycles. The highest BCUT2D eigenvalue weighted by atomic mass is 16.5. The summed E-state index contributed by atoms with van der Waals surface area (Å²) in [7, 11) is 0. The number of aromatic nitrogens is 3. The first-order valence-corrected chi connectivity index (χ1v) is 8.68. The van der Waals surface area contributed by atoms with Crippen LogP contribution in [0.3, 0.4) is 0 Å². The van der Waals surface area contributed by atoms with E-state index in [1.54, 1.807) is 23.2 Å². The Morgan fingerprint density at radius 2 is 2.27 bits per heavy atom. The van der Waals surface area contributed by atoms with E-state index in [2.05, 4.69) is 15.6 Å². The third-order valence-corrected chi connectivity index (χ3v) is 4.77. The van der Waals surface area contributed by atoms with E-state index in [0.717, 1.165) is 35.6 Å². The minimum atomic E-state index is -0.145. The van der Waals surface area contributed by atoms with Gasteiger partial charge in [0.25, 0.3) is 0 Å². The highest BCUT2D eigenvalue weighted by Gasteiger charge is 2.34. The molecule has 1 N–H and O–H groups in total. The summed E-state index contributed by atoms with van der Waals surface area (Å²) in [5.41, 5.74) is 1.86. The second-order valence-electron chi connectivity index (χ2n) is 6.47. The topological polar surface area (TPSA) is 89.3 Å². The number of anilines is 1. The SMILES string of the molecule is Cc1noc(C)c1[C@@H]1CCCN1C(=O)Nc1ccnn1Cc1ccco1. The van der Waals surface area contributed by atoms with Gasteiger partial charge in [-0.1, -0.05) is 5.16 Å². The smallest absolute Gasteiger partial charge is 0.323 e. The molecule has 0 aliphatic carbocycles. The van der Waals surface area contributed by atoms with Crippen molar-refractivity contribution < 1.29 is 13.7 Å². The van der Waals surface area contributed by atoms with E-state index in [4.69, 9.17) is 8.94 Å². The van der Waals surface area contributed by atoms with E-state index in [-0.39, 0.29) is 12.1 Å². The number of likely N-dealkylation sites (tertiary alicyclic amines) is 1. The van der Waals surface area contributed by atoms with E-state index in [9.17, 15) is 4.79 Å². The number of hydrogen-bond donors (Lipinski definition) is 1. The number of carbonyl (C=O) groups is 1. The maximum absolute atomic E-state index is 12.9. The predicted octanol–water partition coefficient (Wildman–Crippen LogP) is 3.50. The summed E-state index contributed by atoms with van der Waals surface area (Å²) in [5, 5.41) is 11.3. The fourth-order valence-electron chi connectivity index (χ4n) is 3.57. The Balaban J connectivity index is 1.51. The van der Waals surface area contributed by atoms with Crippen LogP contribution in [0.2, 0.25) is 0 Å². The summed E-state index contributed by atoms with van der Waals surface area (Å²) in [6.45, 7) is 4.97. The Hall–Kier alpha value is -3.03. The average molecular weight is 355 g/mol. The molecule has 0 unspecified atom stereocenters. The largest absolute Gasteiger partial charge is 0.467 e. The highest BCUT2D eigenvalue weighted by Crippen LogP contribution is 2.35. The van der Waals surface area contributed by atoms with Crippen LogP contribution in [0.1, 0.15) is 41.7 Å². The third-order valence-electron chi connectivity index (χ3n) is 4.77. The Morgan fingerprint density at radius 1 is 1.38 bits per heavy atom. The molecule has 26 heavy (non-hydrogen) atoms. The molecular weight excluding hydrogens is 334 g/mol. The van der Waals surface area contributed by atoms with E-state index in [1.807, 2.05) is 30.9 Å². The molecule has 8 nitrogen and oxygen atoms in total. The van der Waals surface area contributed by atoms with Crippen molar-refractivity contribution in [3.63, 3.8) is 0 Å². The minimum absolute atomic E-state index is 0.0114. The molecule has 1 atom stereocenters. The van der Waals surface area contributed by atoms with Crippen LogP contribution >= 0.6 is 0 Å². The number of aryl methyl sites for hydroxylation is 2. The van der Waals surface area contributed by atoms with Gasteiger partial charge in [0.1, 0.15) is 23.9 Å². The third kappa shape index (κ3) is 2.98. The van der Waals surface area contributed by atoms with E-state index in [1.165, 1.54) is 0 Å². The zero-order chi connectivity index (χ0) is 18.1. The molecule has 0 bridgehead atoms. The number of furan rings is 1. The molecule has 2 amide bonds. The van der Waals surface area contributed by atoms with Gasteiger partial charge in [-0.25, -0.2) is 9.48 Å². The van der Waals surface area contributed by atoms with Crippen molar-refractivity contribution in [3.05, 3.63) is 53.4 Å². The Morgan fingerprint density at radius 3 is 3.00 bits per heavy atom. The van der Waals surface area contributed by atoms with Gasteiger partial charge in [-0.2, -0.15) is 5.10 Å². The highest BCUT2D eigenvalue weighted by molar-refractivity contribution is 5.89. The van der Waals surface area contributed by atoms with Crippen LogP contribution in [0.25, 0.3) is 0 Å². The van der Waals surface area contributed by atoms with Gasteiger partial charge in [0, 0.05) is 18.2 Å². The van der Waals surface area contributed by atoms with Gasteiger partial charge in [-0.05, 0) is 38.8 Å². The standard InChI is InChI=1S/C18H21N5O3/c1-12-17(13(2)26-21-12)15-6-3-9-22(15)18(24)20-16-7-8-19-23(16)11-14-5-4-10-25-14/h4-5,7-8,10,15H,3,6,9,11H2,1-2H3,(H,20,24)/t15-/m0/s1. The molecular formula is C18H21N5O3. The molecule has 1 saturated heterocycles. The van der Waals surface area contributed by atoms with Crippen LogP contribution in [-0.4, -0.2) is 32.4 Å². The van der Waals surface area contributed by atoms with E-state index >= 15 is 0 Å². The van der Waals surface area contributed by atoms with Gasteiger partial charge >= 0.3 is 6.03 Å². The van der Waals surface area contributed by atoms with E-state index < -0.39 is 0 Å². The molecule has 1 aliphatic rings. The number of rotatable bonds is 4. The van der Waals surface area contributed by atoms with Crippen LogP contribution in [-0.2, 0) is 6.54 Å². The van der Waals surface area contributed by atoms with Crippen LogP contribution in [0.15, 0.2) is 39.6 Å². The lowest BCUT2D eigenvalue weighted by Gasteiger charge is -2.25. The monoisotopic (exact) mass is 355 g/mol. The number of urea groups is 1. The Kier molecular flexibility index (Phi) is 4.24. The number of hydrogen-bond acceptors (Lipinski definition) is 5. The molecule has 1 aliphatic heterocycles. The summed E-state index contributed by atoms with van der Waals surface area (Å²) in [6.07, 6.45) is 5.14. The van der Waals surface area contributed by atoms with Crippen molar-refractivity contribution in [1.29, 1.82) is 0 Å². The second-order valence-corrected chi connectivity index (χ2v) is 6.47. The molecule has 136 valence electrons. The summed E-state index contributed by atoms with van der Waals surface area (Å²) in [6, 6.07) is 5.33. The van der Waals surface area contributed by atoms with Crippen molar-refractivity contribution in [2.45, 2.75) is 39.3 Å². The Labute approximate surface area is 150 Å². The molecule has 8 heteroatoms. The normalized spacial score (nSPS) is 17.0. The lowest BCUT2D eigenvalue weighted by atomic mass is 10.0. The fourth-order valence-corrected chi connectivity index (χ4v) is 3.57. The van der Waals surface area contributed by atoms with Crippen LogP contribution in [0.4, 0.5) is 10.6 Å². The first kappa shape index (κ1) is 16.4. The summed E-state index contributed by atoms with van der Waals surface area (Å²) in [4.78, 5) is 14.7. The summed E-state index contributed by atoms with van der Waals surface area (Å²) in [5.74, 6) is 2.19. The van der Waals surface area contributed by atoms with Gasteiger partial charge in [0.05, 0.1) is 24.2 Å². The van der Waals surface area contributed by atoms with Gasteiger partial charge in [-0.3, -0.25) is 5.32 Å². The number of nitrogens with zero attached hydrogens (tertiary/aromatic N) is 4. The Bertz CT molecular complexity index is 876. The molecule has 0 spiro atoms. The van der Waals surface area contributed by atoms with Crippen molar-refractivity contribution in [3.8, 4) is 0 Å². The maximum Gasteiger partial charge on any atom is 0.323 e. The van der Waals surface area contributed by atoms with Crippen LogP contribution < -0.4 is 5.32 Å². The quantitative estimate of drug-likeness (QED) is 0.774. The summed E-state index contributed by atoms with van der Waals surface area (Å²) < 4.78 is 12.4. The predicted molar refractivity (Wildman–Crippen MR) is 93.7 cm³/mol.